The molecule has 0 saturated heterocycles. The Labute approximate surface area is 231 Å². The minimum Gasteiger partial charge on any atom is -1.00 e. The zero-order valence-corrected chi connectivity index (χ0v) is 27.0. The zero-order valence-electron chi connectivity index (χ0n) is 8.62. The molecule has 0 amide bonds. The molecule has 0 bridgehead atoms. The first-order valence-electron chi connectivity index (χ1n) is 0.802. The van der Waals surface area contributed by atoms with Crippen molar-refractivity contribution in [2.75, 3.05) is 0 Å². The van der Waals surface area contributed by atoms with Crippen LogP contribution in [0.4, 0.5) is 0 Å². The Morgan fingerprint density at radius 2 is 0.600 bits per heavy atom. The van der Waals surface area contributed by atoms with Crippen LogP contribution in [0.1, 0.15) is 4.28 Å². The van der Waals surface area contributed by atoms with E-state index in [0.29, 0.717) is 0 Å². The maximum atomic E-state index is 3.36. The second-order valence-electron chi connectivity index (χ2n) is 0.758. The average Bonchev–Trinajstić information content (AvgIpc) is 0.592. The summed E-state index contributed by atoms with van der Waals surface area (Å²) in [6.45, 7) is 0. The number of rotatable bonds is 0. The van der Waals surface area contributed by atoms with Crippen LogP contribution in [0.3, 0.4) is 0 Å². The fourth-order valence-electron chi connectivity index (χ4n) is 0. The summed E-state index contributed by atoms with van der Waals surface area (Å²) in [6, 6.07) is 0. The molecule has 0 saturated carbocycles. The van der Waals surface area contributed by atoms with Crippen molar-refractivity contribution in [2.45, 2.75) is 0 Å². The molecule has 10 heavy (non-hydrogen) atoms. The van der Waals surface area contributed by atoms with E-state index in [9.17, 15) is 0 Å². The van der Waals surface area contributed by atoms with Gasteiger partial charge in [0, 0.05) is 0 Å². The molecule has 0 aliphatic rings. The summed E-state index contributed by atoms with van der Waals surface area (Å²) in [4.78, 5) is 0. The molecule has 0 rings (SSSR count). The van der Waals surface area contributed by atoms with Gasteiger partial charge in [-0.1, -0.05) is 0 Å². The van der Waals surface area contributed by atoms with E-state index in [2.05, 4.69) is 81.4 Å². The number of hydrogen-bond donors (Lipinski definition) is 0. The second-order valence-corrected chi connectivity index (χ2v) is 167. The Morgan fingerprint density at radius 1 is 0.600 bits per heavy atom. The van der Waals surface area contributed by atoms with Crippen molar-refractivity contribution in [2.24, 2.45) is 0 Å². The normalized spacial score (nSPS) is 16.2. The van der Waals surface area contributed by atoms with Crippen molar-refractivity contribution < 1.29 is 159 Å². The summed E-state index contributed by atoms with van der Waals surface area (Å²) in [6.07, 6.45) is 0. The molecular weight excluding hydrogens is 787 g/mol. The summed E-state index contributed by atoms with van der Waals surface area (Å²) in [5.74, 6) is 0. The Kier molecular flexibility index (Phi) is 23.0. The van der Waals surface area contributed by atoms with Gasteiger partial charge in [0.1, 0.15) is 0 Å². The number of halogens is 6. The van der Waals surface area contributed by atoms with Crippen LogP contribution in [0.15, 0.2) is 0 Å². The molecule has 0 aromatic carbocycles. The van der Waals surface area contributed by atoms with Gasteiger partial charge in [-0.15, -0.1) is 0 Å². The van der Waals surface area contributed by atoms with Gasteiger partial charge >= 0.3 is 236 Å². The SMILES string of the molecule is [Br][Os]([Br])([Br])([Br])([Br])[Br].[H-].[H-].[H-].[K+].[K+].[K+]. The van der Waals surface area contributed by atoms with Crippen LogP contribution in [0, 0.1) is 0 Å². The molecular formula is H3Br6K3Os. The second kappa shape index (κ2) is 8.57. The van der Waals surface area contributed by atoms with E-state index in [1.807, 2.05) is 0 Å². The first-order valence-corrected chi connectivity index (χ1v) is 34.1. The smallest absolute Gasteiger partial charge is 1.00 e. The standard InChI is InChI=1S/6BrH.3K.Os.3H/h6*1H;;;;;;;/q;;;;;;3*+1;+6;3*-1/p-6. The molecule has 0 atom stereocenters. The van der Waals surface area contributed by atoms with Gasteiger partial charge in [-0.3, -0.25) is 0 Å². The third-order valence-electron chi connectivity index (χ3n) is 0. The summed E-state index contributed by atoms with van der Waals surface area (Å²) in [7, 11) is 0. The third-order valence-corrected chi connectivity index (χ3v) is 0. The van der Waals surface area contributed by atoms with Gasteiger partial charge in [-0.2, -0.15) is 0 Å². The van der Waals surface area contributed by atoms with Crippen LogP contribution in [-0.4, -0.2) is 0 Å². The van der Waals surface area contributed by atoms with Gasteiger partial charge in [0.2, 0.25) is 0 Å². The molecule has 0 spiro atoms. The van der Waals surface area contributed by atoms with Gasteiger partial charge in [-0.25, -0.2) is 0 Å². The molecule has 0 aromatic heterocycles. The number of hydrogen-bond acceptors (Lipinski definition) is 0. The average molecular weight is 790 g/mol. The Morgan fingerprint density at radius 3 is 0.600 bits per heavy atom. The van der Waals surface area contributed by atoms with Gasteiger partial charge in [0.05, 0.1) is 0 Å². The summed E-state index contributed by atoms with van der Waals surface area (Å²) < 4.78 is -3.34. The topological polar surface area (TPSA) is 0 Å². The van der Waals surface area contributed by atoms with Gasteiger partial charge in [0.15, 0.2) is 0 Å². The molecule has 0 aromatic rings. The first kappa shape index (κ1) is 26.9. The minimum atomic E-state index is -3.34. The summed E-state index contributed by atoms with van der Waals surface area (Å²) >= 11 is 20.2. The molecule has 0 N–H and O–H groups in total. The van der Waals surface area contributed by atoms with Crippen molar-refractivity contribution in [1.82, 2.24) is 0 Å². The van der Waals surface area contributed by atoms with E-state index in [1.165, 1.54) is 0 Å². The largest absolute Gasteiger partial charge is 1.00 e. The van der Waals surface area contributed by atoms with E-state index in [-0.39, 0.29) is 158 Å². The molecule has 0 fully saturated rings. The van der Waals surface area contributed by atoms with Crippen LogP contribution >= 0.6 is 81.4 Å². The van der Waals surface area contributed by atoms with E-state index >= 15 is 0 Å². The Balaban J connectivity index is -0.0000000120. The van der Waals surface area contributed by atoms with Crippen LogP contribution in [0.25, 0.3) is 0 Å². The fourth-order valence-corrected chi connectivity index (χ4v) is 0. The summed E-state index contributed by atoms with van der Waals surface area (Å²) in [5.41, 5.74) is 0. The fraction of sp³-hybridized carbons (Fsp3) is 0. The van der Waals surface area contributed by atoms with E-state index in [0.717, 1.165) is 0 Å². The molecule has 0 nitrogen and oxygen atoms in total. The van der Waals surface area contributed by atoms with E-state index in [4.69, 9.17) is 0 Å². The Hall–Kier alpha value is 8.43. The quantitative estimate of drug-likeness (QED) is 0.223. The summed E-state index contributed by atoms with van der Waals surface area (Å²) in [5, 5.41) is 0. The molecule has 56 valence electrons. The zero-order chi connectivity index (χ0) is 6.41. The molecule has 0 heterocycles. The molecule has 0 radical (unpaired) electrons. The van der Waals surface area contributed by atoms with Gasteiger partial charge in [0.25, 0.3) is 0 Å². The molecule has 0 unspecified atom stereocenters. The van der Waals surface area contributed by atoms with Crippen molar-refractivity contribution in [3.8, 4) is 0 Å². The molecule has 0 aliphatic carbocycles. The van der Waals surface area contributed by atoms with Crippen LogP contribution < -0.4 is 154 Å². The van der Waals surface area contributed by atoms with Crippen LogP contribution in [0.5, 0.6) is 0 Å². The third kappa shape index (κ3) is 55.1. The minimum absolute atomic E-state index is 0. The van der Waals surface area contributed by atoms with Crippen molar-refractivity contribution in [1.29, 1.82) is 0 Å². The van der Waals surface area contributed by atoms with Gasteiger partial charge < -0.3 is 4.28 Å². The van der Waals surface area contributed by atoms with E-state index < -0.39 is 0.772 Å². The molecule has 10 heteroatoms. The monoisotopic (exact) mass is 785 g/mol. The van der Waals surface area contributed by atoms with Crippen molar-refractivity contribution in [3.63, 3.8) is 0 Å². The van der Waals surface area contributed by atoms with Crippen LogP contribution in [0.2, 0.25) is 0 Å². The van der Waals surface area contributed by atoms with Crippen molar-refractivity contribution >= 4 is 81.4 Å². The Bertz CT molecular complexity index is 81.7. The maximum absolute atomic E-state index is 3.36. The maximum Gasteiger partial charge on any atom is 1.00 e. The van der Waals surface area contributed by atoms with Crippen LogP contribution in [-0.2, 0) is 0.772 Å². The first-order chi connectivity index (χ1) is 2.45. The van der Waals surface area contributed by atoms with E-state index in [1.54, 1.807) is 0 Å². The van der Waals surface area contributed by atoms with Gasteiger partial charge in [-0.05, 0) is 0 Å². The molecule has 0 aliphatic heterocycles. The van der Waals surface area contributed by atoms with Crippen molar-refractivity contribution in [3.05, 3.63) is 0 Å². The predicted molar refractivity (Wildman–Crippen MR) is 56.9 cm³/mol. The predicted octanol–water partition coefficient (Wildman–Crippen LogP) is -3.58.